The first-order valence-electron chi connectivity index (χ1n) is 7.82. The lowest BCUT2D eigenvalue weighted by Crippen LogP contribution is -2.30. The van der Waals surface area contributed by atoms with E-state index in [1.54, 1.807) is 13.0 Å². The normalized spacial score (nSPS) is 12.0. The molecule has 7 heteroatoms. The molecule has 2 aromatic carbocycles. The number of furan rings is 1. The summed E-state index contributed by atoms with van der Waals surface area (Å²) in [5.74, 6) is -2.80. The summed E-state index contributed by atoms with van der Waals surface area (Å²) in [6.45, 7) is 2.96. The van der Waals surface area contributed by atoms with Crippen molar-refractivity contribution in [1.29, 1.82) is 0 Å². The molecule has 1 heterocycles. The quantitative estimate of drug-likeness (QED) is 0.709. The van der Waals surface area contributed by atoms with E-state index in [2.05, 4.69) is 5.32 Å². The van der Waals surface area contributed by atoms with Gasteiger partial charge in [-0.1, -0.05) is 18.2 Å². The number of hydrogen-bond acceptors (Lipinski definition) is 4. The number of nitrogens with one attached hydrogen (secondary N) is 1. The van der Waals surface area contributed by atoms with Gasteiger partial charge in [0.25, 0.3) is 5.91 Å². The molecule has 134 valence electrons. The topological polar surface area (TPSA) is 68.5 Å². The van der Waals surface area contributed by atoms with Crippen LogP contribution >= 0.6 is 0 Å². The van der Waals surface area contributed by atoms with Crippen LogP contribution in [0.3, 0.4) is 0 Å². The second-order valence-electron chi connectivity index (χ2n) is 5.72. The van der Waals surface area contributed by atoms with E-state index >= 15 is 0 Å². The molecule has 1 N–H and O–H groups in total. The molecule has 0 aliphatic heterocycles. The van der Waals surface area contributed by atoms with Gasteiger partial charge in [-0.3, -0.25) is 4.79 Å². The molecule has 1 aromatic heterocycles. The monoisotopic (exact) mass is 359 g/mol. The van der Waals surface area contributed by atoms with Gasteiger partial charge >= 0.3 is 5.97 Å². The van der Waals surface area contributed by atoms with Gasteiger partial charge in [-0.05, 0) is 38.1 Å². The van der Waals surface area contributed by atoms with Gasteiger partial charge in [0.15, 0.2) is 17.5 Å². The first-order valence-corrected chi connectivity index (χ1v) is 7.82. The Balaban J connectivity index is 1.74. The molecule has 5 nitrogen and oxygen atoms in total. The highest BCUT2D eigenvalue weighted by atomic mass is 19.1. The summed E-state index contributed by atoms with van der Waals surface area (Å²) in [6, 6.07) is 9.66. The third-order valence-electron chi connectivity index (χ3n) is 3.85. The van der Waals surface area contributed by atoms with Gasteiger partial charge in [0, 0.05) is 16.6 Å². The summed E-state index contributed by atoms with van der Waals surface area (Å²) in [5.41, 5.74) is 0.607. The van der Waals surface area contributed by atoms with Crippen molar-refractivity contribution in [3.63, 3.8) is 0 Å². The molecule has 26 heavy (non-hydrogen) atoms. The SMILES string of the molecule is Cc1c(C(=O)O[C@H](C)C(=O)Nc2cccc(F)c2)oc2c(F)cccc12. The number of halogens is 2. The van der Waals surface area contributed by atoms with Crippen molar-refractivity contribution in [2.24, 2.45) is 0 Å². The maximum atomic E-state index is 13.8. The van der Waals surface area contributed by atoms with E-state index in [1.807, 2.05) is 0 Å². The Morgan fingerprint density at radius 1 is 1.15 bits per heavy atom. The summed E-state index contributed by atoms with van der Waals surface area (Å²) in [4.78, 5) is 24.4. The summed E-state index contributed by atoms with van der Waals surface area (Å²) in [7, 11) is 0. The minimum Gasteiger partial charge on any atom is -0.447 e. The van der Waals surface area contributed by atoms with Crippen molar-refractivity contribution in [3.05, 3.63) is 65.4 Å². The first kappa shape index (κ1) is 17.6. The lowest BCUT2D eigenvalue weighted by atomic mass is 10.1. The molecule has 0 spiro atoms. The van der Waals surface area contributed by atoms with Crippen molar-refractivity contribution in [2.45, 2.75) is 20.0 Å². The fraction of sp³-hybridized carbons (Fsp3) is 0.158. The summed E-state index contributed by atoms with van der Waals surface area (Å²) in [6.07, 6.45) is -1.16. The molecule has 0 unspecified atom stereocenters. The van der Waals surface area contributed by atoms with E-state index in [1.165, 1.54) is 37.3 Å². The number of anilines is 1. The summed E-state index contributed by atoms with van der Waals surface area (Å²) in [5, 5.41) is 2.90. The van der Waals surface area contributed by atoms with Crippen molar-refractivity contribution >= 4 is 28.5 Å². The second-order valence-corrected chi connectivity index (χ2v) is 5.72. The standard InChI is InChI=1S/C19H15F2NO4/c1-10-14-7-4-8-15(21)17(14)26-16(10)19(24)25-11(2)18(23)22-13-6-3-5-12(20)9-13/h3-9,11H,1-2H3,(H,22,23)/t11-/m1/s1. The number of ether oxygens (including phenoxy) is 1. The predicted octanol–water partition coefficient (Wildman–Crippen LogP) is 4.20. The number of para-hydroxylation sites is 1. The number of hydrogen-bond donors (Lipinski definition) is 1. The van der Waals surface area contributed by atoms with E-state index in [4.69, 9.17) is 9.15 Å². The number of carbonyl (C=O) groups is 2. The van der Waals surface area contributed by atoms with Gasteiger partial charge in [0.05, 0.1) is 0 Å². The van der Waals surface area contributed by atoms with Crippen LogP contribution in [0.4, 0.5) is 14.5 Å². The third kappa shape index (κ3) is 3.42. The number of rotatable bonds is 4. The maximum Gasteiger partial charge on any atom is 0.375 e. The number of aryl methyl sites for hydroxylation is 1. The predicted molar refractivity (Wildman–Crippen MR) is 90.8 cm³/mol. The molecule has 0 aliphatic rings. The number of carbonyl (C=O) groups excluding carboxylic acids is 2. The Hall–Kier alpha value is -3.22. The van der Waals surface area contributed by atoms with Crippen LogP contribution in [0.5, 0.6) is 0 Å². The molecule has 0 saturated carbocycles. The average Bonchev–Trinajstić information content (AvgIpc) is 2.93. The molecule has 1 amide bonds. The highest BCUT2D eigenvalue weighted by Gasteiger charge is 2.25. The van der Waals surface area contributed by atoms with E-state index < -0.39 is 29.6 Å². The molecule has 1 atom stereocenters. The van der Waals surface area contributed by atoms with Crippen LogP contribution in [0.15, 0.2) is 46.9 Å². The molecular formula is C19H15F2NO4. The van der Waals surface area contributed by atoms with Crippen LogP contribution in [-0.2, 0) is 9.53 Å². The van der Waals surface area contributed by atoms with Gasteiger partial charge < -0.3 is 14.5 Å². The average molecular weight is 359 g/mol. The smallest absolute Gasteiger partial charge is 0.375 e. The Labute approximate surface area is 147 Å². The molecule has 0 radical (unpaired) electrons. The fourth-order valence-electron chi connectivity index (χ4n) is 2.48. The number of amides is 1. The fourth-order valence-corrected chi connectivity index (χ4v) is 2.48. The summed E-state index contributed by atoms with van der Waals surface area (Å²) >= 11 is 0. The number of benzene rings is 2. The molecule has 0 saturated heterocycles. The third-order valence-corrected chi connectivity index (χ3v) is 3.85. The molecule has 0 aliphatic carbocycles. The van der Waals surface area contributed by atoms with Crippen LogP contribution < -0.4 is 5.32 Å². The van der Waals surface area contributed by atoms with Gasteiger partial charge in [0.2, 0.25) is 5.76 Å². The zero-order chi connectivity index (χ0) is 18.8. The molecular weight excluding hydrogens is 344 g/mol. The lowest BCUT2D eigenvalue weighted by Gasteiger charge is -2.13. The second kappa shape index (κ2) is 6.95. The van der Waals surface area contributed by atoms with E-state index in [9.17, 15) is 18.4 Å². The van der Waals surface area contributed by atoms with Crippen LogP contribution in [0.2, 0.25) is 0 Å². The van der Waals surface area contributed by atoms with Crippen LogP contribution in [0.25, 0.3) is 11.0 Å². The Bertz CT molecular complexity index is 996. The highest BCUT2D eigenvalue weighted by molar-refractivity contribution is 5.99. The van der Waals surface area contributed by atoms with Crippen molar-refractivity contribution in [1.82, 2.24) is 0 Å². The van der Waals surface area contributed by atoms with Crippen molar-refractivity contribution in [3.8, 4) is 0 Å². The number of fused-ring (bicyclic) bond motifs is 1. The molecule has 3 rings (SSSR count). The highest BCUT2D eigenvalue weighted by Crippen LogP contribution is 2.28. The van der Waals surface area contributed by atoms with Gasteiger partial charge in [-0.2, -0.15) is 0 Å². The lowest BCUT2D eigenvalue weighted by molar-refractivity contribution is -0.123. The van der Waals surface area contributed by atoms with Crippen molar-refractivity contribution in [2.75, 3.05) is 5.32 Å². The zero-order valence-corrected chi connectivity index (χ0v) is 14.0. The number of esters is 1. The maximum absolute atomic E-state index is 13.8. The van der Waals surface area contributed by atoms with Crippen LogP contribution in [0, 0.1) is 18.6 Å². The van der Waals surface area contributed by atoms with Crippen LogP contribution in [-0.4, -0.2) is 18.0 Å². The van der Waals surface area contributed by atoms with Gasteiger partial charge in [0.1, 0.15) is 5.82 Å². The summed E-state index contributed by atoms with van der Waals surface area (Å²) < 4.78 is 37.3. The first-order chi connectivity index (χ1) is 12.4. The van der Waals surface area contributed by atoms with E-state index in [0.29, 0.717) is 10.9 Å². The van der Waals surface area contributed by atoms with Crippen molar-refractivity contribution < 1.29 is 27.5 Å². The van der Waals surface area contributed by atoms with Gasteiger partial charge in [-0.15, -0.1) is 0 Å². The van der Waals surface area contributed by atoms with E-state index in [0.717, 1.165) is 6.07 Å². The molecule has 3 aromatic rings. The largest absolute Gasteiger partial charge is 0.447 e. The molecule has 0 fully saturated rings. The van der Waals surface area contributed by atoms with Gasteiger partial charge in [-0.25, -0.2) is 13.6 Å². The van der Waals surface area contributed by atoms with E-state index in [-0.39, 0.29) is 17.0 Å². The Kier molecular flexibility index (Phi) is 4.71. The minimum absolute atomic E-state index is 0.0474. The van der Waals surface area contributed by atoms with Crippen LogP contribution in [0.1, 0.15) is 23.0 Å². The minimum atomic E-state index is -1.16. The Morgan fingerprint density at radius 3 is 2.58 bits per heavy atom. The molecule has 0 bridgehead atoms. The zero-order valence-electron chi connectivity index (χ0n) is 14.0. The Morgan fingerprint density at radius 2 is 1.88 bits per heavy atom.